The first-order valence-corrected chi connectivity index (χ1v) is 6.74. The number of nitriles is 1. The number of rotatable bonds is 2. The molecule has 2 rings (SSSR count). The van der Waals surface area contributed by atoms with E-state index in [9.17, 15) is 0 Å². The van der Waals surface area contributed by atoms with Gasteiger partial charge >= 0.3 is 0 Å². The molecule has 4 heteroatoms. The van der Waals surface area contributed by atoms with Crippen LogP contribution in [0.4, 0.5) is 0 Å². The molecule has 88 valence electrons. The Hall–Kier alpha value is -1.49. The third-order valence-corrected chi connectivity index (χ3v) is 3.93. The van der Waals surface area contributed by atoms with Crippen molar-refractivity contribution in [2.24, 2.45) is 0 Å². The molecule has 2 aromatic rings. The summed E-state index contributed by atoms with van der Waals surface area (Å²) < 4.78 is 3.63. The molecule has 0 atom stereocenters. The lowest BCUT2D eigenvalue weighted by molar-refractivity contribution is 0.816. The van der Waals surface area contributed by atoms with Gasteiger partial charge in [-0.15, -0.1) is 6.42 Å². The van der Waals surface area contributed by atoms with Gasteiger partial charge in [-0.3, -0.25) is 0 Å². The van der Waals surface area contributed by atoms with Crippen molar-refractivity contribution in [1.82, 2.24) is 4.57 Å². The lowest BCUT2D eigenvalue weighted by Gasteiger charge is -2.03. The molecule has 1 aromatic carbocycles. The number of hydrogen-bond acceptors (Lipinski definition) is 1. The van der Waals surface area contributed by atoms with Crippen LogP contribution in [0.1, 0.15) is 5.69 Å². The first-order chi connectivity index (χ1) is 8.67. The number of halogens is 2. The predicted molar refractivity (Wildman–Crippen MR) is 78.8 cm³/mol. The van der Waals surface area contributed by atoms with E-state index in [-0.39, 0.29) is 0 Å². The van der Waals surface area contributed by atoms with Crippen LogP contribution in [0.2, 0.25) is 0 Å². The first-order valence-electron chi connectivity index (χ1n) is 5.16. The minimum Gasteiger partial charge on any atom is -0.315 e. The van der Waals surface area contributed by atoms with Crippen LogP contribution < -0.4 is 0 Å². The first kappa shape index (κ1) is 13.0. The van der Waals surface area contributed by atoms with Gasteiger partial charge in [0.15, 0.2) is 0 Å². The molecule has 0 radical (unpaired) electrons. The topological polar surface area (TPSA) is 28.7 Å². The monoisotopic (exact) mass is 362 g/mol. The van der Waals surface area contributed by atoms with E-state index in [0.29, 0.717) is 12.2 Å². The van der Waals surface area contributed by atoms with Gasteiger partial charge in [0.1, 0.15) is 11.8 Å². The number of benzene rings is 1. The van der Waals surface area contributed by atoms with Gasteiger partial charge in [0, 0.05) is 10.0 Å². The second-order valence-corrected chi connectivity index (χ2v) is 5.31. The van der Waals surface area contributed by atoms with Crippen LogP contribution in [0.15, 0.2) is 39.4 Å². The van der Waals surface area contributed by atoms with Gasteiger partial charge in [-0.1, -0.05) is 34.0 Å². The molecule has 0 spiro atoms. The maximum absolute atomic E-state index is 9.11. The maximum Gasteiger partial charge on any atom is 0.122 e. The molecule has 1 aromatic heterocycles. The van der Waals surface area contributed by atoms with Crippen LogP contribution in [-0.2, 0) is 6.54 Å². The Labute approximate surface area is 122 Å². The van der Waals surface area contributed by atoms with Crippen molar-refractivity contribution in [3.8, 4) is 29.5 Å². The average molecular weight is 364 g/mol. The standard InChI is InChI=1S/C14H8Br2N2/c1-2-7-18-12(9-17)8-13(14(18)16)10-3-5-11(15)6-4-10/h1,3-6,8H,7H2. The van der Waals surface area contributed by atoms with Crippen molar-refractivity contribution >= 4 is 31.9 Å². The van der Waals surface area contributed by atoms with Crippen LogP contribution in [0.25, 0.3) is 11.1 Å². The Balaban J connectivity index is 2.56. The molecular weight excluding hydrogens is 356 g/mol. The van der Waals surface area contributed by atoms with Crippen molar-refractivity contribution < 1.29 is 0 Å². The van der Waals surface area contributed by atoms with Crippen LogP contribution in [-0.4, -0.2) is 4.57 Å². The normalized spacial score (nSPS) is 9.78. The van der Waals surface area contributed by atoms with Crippen molar-refractivity contribution in [3.05, 3.63) is 45.1 Å². The molecule has 0 amide bonds. The number of terminal acetylenes is 1. The second-order valence-electron chi connectivity index (χ2n) is 3.64. The second kappa shape index (κ2) is 5.44. The molecule has 0 saturated heterocycles. The summed E-state index contributed by atoms with van der Waals surface area (Å²) in [5, 5.41) is 9.11. The van der Waals surface area contributed by atoms with Gasteiger partial charge in [-0.2, -0.15) is 5.26 Å². The summed E-state index contributed by atoms with van der Waals surface area (Å²) in [7, 11) is 0. The summed E-state index contributed by atoms with van der Waals surface area (Å²) in [6, 6.07) is 11.9. The van der Waals surface area contributed by atoms with Crippen LogP contribution in [0.5, 0.6) is 0 Å². The zero-order chi connectivity index (χ0) is 13.1. The highest BCUT2D eigenvalue weighted by molar-refractivity contribution is 9.10. The van der Waals surface area contributed by atoms with Gasteiger partial charge in [-0.25, -0.2) is 0 Å². The highest BCUT2D eigenvalue weighted by Crippen LogP contribution is 2.32. The van der Waals surface area contributed by atoms with Gasteiger partial charge in [0.25, 0.3) is 0 Å². The highest BCUT2D eigenvalue weighted by Gasteiger charge is 2.13. The molecule has 0 unspecified atom stereocenters. The summed E-state index contributed by atoms with van der Waals surface area (Å²) in [5.74, 6) is 2.55. The molecular formula is C14H8Br2N2. The van der Waals surface area contributed by atoms with E-state index in [1.807, 2.05) is 30.3 Å². The van der Waals surface area contributed by atoms with Crippen molar-refractivity contribution in [2.45, 2.75) is 6.54 Å². The molecule has 2 nitrogen and oxygen atoms in total. The van der Waals surface area contributed by atoms with Crippen molar-refractivity contribution in [1.29, 1.82) is 5.26 Å². The van der Waals surface area contributed by atoms with Crippen molar-refractivity contribution in [2.75, 3.05) is 0 Å². The summed E-state index contributed by atoms with van der Waals surface area (Å²) in [6.07, 6.45) is 5.31. The van der Waals surface area contributed by atoms with Crippen LogP contribution in [0.3, 0.4) is 0 Å². The van der Waals surface area contributed by atoms with E-state index in [1.165, 1.54) is 0 Å². The Morgan fingerprint density at radius 2 is 1.89 bits per heavy atom. The summed E-state index contributed by atoms with van der Waals surface area (Å²) in [4.78, 5) is 0. The molecule has 0 aliphatic rings. The van der Waals surface area contributed by atoms with Crippen LogP contribution >= 0.6 is 31.9 Å². The third-order valence-electron chi connectivity index (χ3n) is 2.55. The molecule has 0 fully saturated rings. The average Bonchev–Trinajstić information content (AvgIpc) is 2.69. The van der Waals surface area contributed by atoms with Gasteiger partial charge in [0.05, 0.1) is 11.1 Å². The third kappa shape index (κ3) is 2.36. The van der Waals surface area contributed by atoms with Gasteiger partial charge in [-0.05, 0) is 39.7 Å². The maximum atomic E-state index is 9.11. The van der Waals surface area contributed by atoms with Crippen LogP contribution in [0, 0.1) is 23.7 Å². The Morgan fingerprint density at radius 1 is 1.22 bits per heavy atom. The minimum absolute atomic E-state index is 0.375. The van der Waals surface area contributed by atoms with Gasteiger partial charge < -0.3 is 4.57 Å². The molecule has 0 bridgehead atoms. The fourth-order valence-corrected chi connectivity index (χ4v) is 2.62. The molecule has 0 aliphatic carbocycles. The summed E-state index contributed by atoms with van der Waals surface area (Å²) in [5.41, 5.74) is 2.56. The lowest BCUT2D eigenvalue weighted by Crippen LogP contribution is -1.98. The predicted octanol–water partition coefficient (Wildman–Crippen LogP) is 4.18. The minimum atomic E-state index is 0.375. The fourth-order valence-electron chi connectivity index (χ4n) is 1.70. The molecule has 0 saturated carbocycles. The van der Waals surface area contributed by atoms with E-state index in [2.05, 4.69) is 43.8 Å². The fraction of sp³-hybridized carbons (Fsp3) is 0.0714. The highest BCUT2D eigenvalue weighted by atomic mass is 79.9. The van der Waals surface area contributed by atoms with E-state index < -0.39 is 0 Å². The zero-order valence-corrected chi connectivity index (χ0v) is 12.5. The van der Waals surface area contributed by atoms with E-state index in [1.54, 1.807) is 4.57 Å². The molecule has 0 N–H and O–H groups in total. The quantitative estimate of drug-likeness (QED) is 0.735. The van der Waals surface area contributed by atoms with Gasteiger partial charge in [0.2, 0.25) is 0 Å². The number of aromatic nitrogens is 1. The zero-order valence-electron chi connectivity index (χ0n) is 9.32. The Bertz CT molecular complexity index is 655. The summed E-state index contributed by atoms with van der Waals surface area (Å²) in [6.45, 7) is 0.375. The smallest absolute Gasteiger partial charge is 0.122 e. The number of nitrogens with zero attached hydrogens (tertiary/aromatic N) is 2. The van der Waals surface area contributed by atoms with E-state index >= 15 is 0 Å². The molecule has 1 heterocycles. The summed E-state index contributed by atoms with van der Waals surface area (Å²) >= 11 is 6.90. The van der Waals surface area contributed by atoms with E-state index in [0.717, 1.165) is 20.2 Å². The van der Waals surface area contributed by atoms with Crippen molar-refractivity contribution in [3.63, 3.8) is 0 Å². The number of hydrogen-bond donors (Lipinski definition) is 0. The largest absolute Gasteiger partial charge is 0.315 e. The SMILES string of the molecule is C#CCn1c(C#N)cc(-c2ccc(Br)cc2)c1Br. The van der Waals surface area contributed by atoms with E-state index in [4.69, 9.17) is 11.7 Å². The molecule has 0 aliphatic heterocycles. The molecule has 18 heavy (non-hydrogen) atoms. The Morgan fingerprint density at radius 3 is 2.44 bits per heavy atom. The Kier molecular flexibility index (Phi) is 3.91. The lowest BCUT2D eigenvalue weighted by atomic mass is 10.1.